The summed E-state index contributed by atoms with van der Waals surface area (Å²) in [7, 11) is -2.56. The fraction of sp³-hybridized carbons (Fsp3) is 0.875. The first-order valence-electron chi connectivity index (χ1n) is 4.61. The van der Waals surface area contributed by atoms with Crippen molar-refractivity contribution >= 4 is 27.9 Å². The first-order chi connectivity index (χ1) is 7.08. The molecule has 0 aliphatic rings. The molecule has 0 spiro atoms. The fourth-order valence-corrected chi connectivity index (χ4v) is 1.81. The monoisotopic (exact) mass is 272 g/mol. The quantitative estimate of drug-likeness (QED) is 0.773. The summed E-state index contributed by atoms with van der Waals surface area (Å²) in [4.78, 5) is 11.2. The van der Waals surface area contributed by atoms with Gasteiger partial charge in [0.1, 0.15) is 5.60 Å². The van der Waals surface area contributed by atoms with Crippen LogP contribution in [0.4, 0.5) is 4.79 Å². The first-order valence-corrected chi connectivity index (χ1v) is 6.59. The highest BCUT2D eigenvalue weighted by Crippen LogP contribution is 2.07. The van der Waals surface area contributed by atoms with Crippen molar-refractivity contribution in [1.82, 2.24) is 9.03 Å². The summed E-state index contributed by atoms with van der Waals surface area (Å²) in [6.07, 6.45) is -1.01. The van der Waals surface area contributed by atoms with Gasteiger partial charge >= 0.3 is 16.3 Å². The zero-order chi connectivity index (χ0) is 13.0. The number of nitrogens with one attached hydrogen (secondary N) is 1. The highest BCUT2D eigenvalue weighted by Gasteiger charge is 2.24. The van der Waals surface area contributed by atoms with Crippen LogP contribution in [0.2, 0.25) is 0 Å². The van der Waals surface area contributed by atoms with Gasteiger partial charge in [-0.1, -0.05) is 0 Å². The lowest BCUT2D eigenvalue weighted by atomic mass is 10.2. The number of nitrogens with zero attached hydrogens (tertiary/aromatic N) is 1. The summed E-state index contributed by atoms with van der Waals surface area (Å²) in [5.74, 6) is 0.145. The maximum Gasteiger partial charge on any atom is 0.422 e. The molecule has 0 aromatic heterocycles. The predicted octanol–water partition coefficient (Wildman–Crippen LogP) is 0.926. The van der Waals surface area contributed by atoms with Gasteiger partial charge < -0.3 is 4.74 Å². The molecule has 8 heteroatoms. The average Bonchev–Trinajstić information content (AvgIpc) is 1.99. The lowest BCUT2D eigenvalue weighted by Crippen LogP contribution is -2.44. The SMILES string of the molecule is CN(CCCl)S(=O)(=O)NC(=O)OC(C)(C)C. The molecule has 0 unspecified atom stereocenters. The molecule has 0 atom stereocenters. The largest absolute Gasteiger partial charge is 0.443 e. The van der Waals surface area contributed by atoms with E-state index in [1.807, 2.05) is 0 Å². The molecule has 0 fully saturated rings. The van der Waals surface area contributed by atoms with E-state index >= 15 is 0 Å². The Balaban J connectivity index is 4.43. The molecule has 1 N–H and O–H groups in total. The fourth-order valence-electron chi connectivity index (χ4n) is 0.721. The van der Waals surface area contributed by atoms with Crippen LogP contribution in [-0.4, -0.2) is 43.9 Å². The van der Waals surface area contributed by atoms with Crippen LogP contribution in [0.25, 0.3) is 0 Å². The highest BCUT2D eigenvalue weighted by atomic mass is 35.5. The Bertz CT molecular complexity index is 336. The van der Waals surface area contributed by atoms with Crippen molar-refractivity contribution in [1.29, 1.82) is 0 Å². The third-order valence-electron chi connectivity index (χ3n) is 1.42. The minimum atomic E-state index is -3.87. The van der Waals surface area contributed by atoms with E-state index in [4.69, 9.17) is 16.3 Å². The van der Waals surface area contributed by atoms with Gasteiger partial charge in [0, 0.05) is 19.5 Å². The van der Waals surface area contributed by atoms with E-state index in [1.165, 1.54) is 7.05 Å². The van der Waals surface area contributed by atoms with Gasteiger partial charge in [-0.15, -0.1) is 11.6 Å². The number of rotatable bonds is 4. The van der Waals surface area contributed by atoms with Gasteiger partial charge in [0.25, 0.3) is 0 Å². The maximum atomic E-state index is 11.5. The van der Waals surface area contributed by atoms with Crippen molar-refractivity contribution < 1.29 is 17.9 Å². The molecule has 6 nitrogen and oxygen atoms in total. The van der Waals surface area contributed by atoms with E-state index in [0.29, 0.717) is 0 Å². The van der Waals surface area contributed by atoms with Crippen LogP contribution in [0.1, 0.15) is 20.8 Å². The minimum absolute atomic E-state index is 0.111. The van der Waals surface area contributed by atoms with Crippen LogP contribution in [-0.2, 0) is 14.9 Å². The molecule has 0 aromatic rings. The Kier molecular flexibility index (Phi) is 5.51. The zero-order valence-corrected chi connectivity index (χ0v) is 11.4. The molecule has 0 saturated carbocycles. The van der Waals surface area contributed by atoms with Crippen LogP contribution in [0, 0.1) is 0 Å². The van der Waals surface area contributed by atoms with Crippen molar-refractivity contribution in [2.75, 3.05) is 19.5 Å². The number of carbonyl (C=O) groups is 1. The van der Waals surface area contributed by atoms with Crippen LogP contribution in [0.15, 0.2) is 0 Å². The Hall–Kier alpha value is -0.530. The Labute approximate surface area is 101 Å². The van der Waals surface area contributed by atoms with Gasteiger partial charge in [-0.05, 0) is 20.8 Å². The average molecular weight is 273 g/mol. The summed E-state index contributed by atoms with van der Waals surface area (Å²) >= 11 is 5.40. The van der Waals surface area contributed by atoms with E-state index in [0.717, 1.165) is 4.31 Å². The van der Waals surface area contributed by atoms with Crippen molar-refractivity contribution in [2.24, 2.45) is 0 Å². The smallest absolute Gasteiger partial charge is 0.422 e. The molecule has 0 saturated heterocycles. The van der Waals surface area contributed by atoms with E-state index in [2.05, 4.69) is 0 Å². The third kappa shape index (κ3) is 6.14. The van der Waals surface area contributed by atoms with Crippen LogP contribution >= 0.6 is 11.6 Å². The van der Waals surface area contributed by atoms with Crippen LogP contribution in [0.5, 0.6) is 0 Å². The molecule has 0 heterocycles. The predicted molar refractivity (Wildman–Crippen MR) is 61.6 cm³/mol. The standard InChI is InChI=1S/C8H17ClN2O4S/c1-8(2,3)15-7(12)10-16(13,14)11(4)6-5-9/h5-6H2,1-4H3,(H,10,12). The second-order valence-electron chi connectivity index (χ2n) is 4.12. The Morgan fingerprint density at radius 3 is 2.31 bits per heavy atom. The summed E-state index contributed by atoms with van der Waals surface area (Å²) in [5, 5.41) is 0. The number of alkyl halides is 1. The Morgan fingerprint density at radius 1 is 1.44 bits per heavy atom. The number of hydrogen-bond donors (Lipinski definition) is 1. The topological polar surface area (TPSA) is 75.7 Å². The molecule has 0 aliphatic carbocycles. The van der Waals surface area contributed by atoms with Gasteiger partial charge in [0.05, 0.1) is 0 Å². The zero-order valence-electron chi connectivity index (χ0n) is 9.78. The van der Waals surface area contributed by atoms with Crippen molar-refractivity contribution in [2.45, 2.75) is 26.4 Å². The number of hydrogen-bond acceptors (Lipinski definition) is 4. The Morgan fingerprint density at radius 2 is 1.94 bits per heavy atom. The van der Waals surface area contributed by atoms with E-state index in [-0.39, 0.29) is 12.4 Å². The molecule has 96 valence electrons. The maximum absolute atomic E-state index is 11.5. The second kappa shape index (κ2) is 5.70. The van der Waals surface area contributed by atoms with Gasteiger partial charge in [-0.25, -0.2) is 9.52 Å². The first kappa shape index (κ1) is 15.5. The van der Waals surface area contributed by atoms with Crippen molar-refractivity contribution in [3.05, 3.63) is 0 Å². The molecular formula is C8H17ClN2O4S. The van der Waals surface area contributed by atoms with Gasteiger partial charge in [0.2, 0.25) is 0 Å². The molecule has 1 amide bonds. The third-order valence-corrected chi connectivity index (χ3v) is 3.02. The summed E-state index contributed by atoms with van der Waals surface area (Å²) in [5.41, 5.74) is -0.745. The van der Waals surface area contributed by atoms with Crippen molar-refractivity contribution in [3.63, 3.8) is 0 Å². The van der Waals surface area contributed by atoms with Gasteiger partial charge in [-0.3, -0.25) is 0 Å². The van der Waals surface area contributed by atoms with Gasteiger partial charge in [-0.2, -0.15) is 12.7 Å². The van der Waals surface area contributed by atoms with Gasteiger partial charge in [0.15, 0.2) is 0 Å². The normalized spacial score (nSPS) is 12.6. The molecule has 16 heavy (non-hydrogen) atoms. The van der Waals surface area contributed by atoms with E-state index < -0.39 is 21.9 Å². The molecule has 0 aromatic carbocycles. The number of carbonyl (C=O) groups excluding carboxylic acids is 1. The molecule has 0 radical (unpaired) electrons. The number of halogens is 1. The number of amides is 1. The van der Waals surface area contributed by atoms with Crippen LogP contribution < -0.4 is 4.72 Å². The summed E-state index contributed by atoms with van der Waals surface area (Å²) < 4.78 is 30.5. The molecular weight excluding hydrogens is 256 g/mol. The lowest BCUT2D eigenvalue weighted by molar-refractivity contribution is 0.0567. The number of ether oxygens (including phenoxy) is 1. The lowest BCUT2D eigenvalue weighted by Gasteiger charge is -2.21. The van der Waals surface area contributed by atoms with E-state index in [9.17, 15) is 13.2 Å². The second-order valence-corrected chi connectivity index (χ2v) is 6.28. The summed E-state index contributed by atoms with van der Waals surface area (Å²) in [6.45, 7) is 5.03. The highest BCUT2D eigenvalue weighted by molar-refractivity contribution is 7.87. The minimum Gasteiger partial charge on any atom is -0.443 e. The van der Waals surface area contributed by atoms with E-state index in [1.54, 1.807) is 25.5 Å². The molecule has 0 aliphatic heterocycles. The van der Waals surface area contributed by atoms with Crippen molar-refractivity contribution in [3.8, 4) is 0 Å². The van der Waals surface area contributed by atoms with Crippen LogP contribution in [0.3, 0.4) is 0 Å². The molecule has 0 bridgehead atoms. The molecule has 0 rings (SSSR count). The summed E-state index contributed by atoms with van der Waals surface area (Å²) in [6, 6.07) is 0.